The van der Waals surface area contributed by atoms with E-state index in [0.717, 1.165) is 11.0 Å². The van der Waals surface area contributed by atoms with Gasteiger partial charge in [0.25, 0.3) is 0 Å². The van der Waals surface area contributed by atoms with Gasteiger partial charge in [0.05, 0.1) is 35.0 Å². The zero-order valence-electron chi connectivity index (χ0n) is 15.5. The van der Waals surface area contributed by atoms with E-state index in [1.54, 1.807) is 37.1 Å². The van der Waals surface area contributed by atoms with Gasteiger partial charge >= 0.3 is 0 Å². The predicted molar refractivity (Wildman–Crippen MR) is 103 cm³/mol. The standard InChI is InChI=1S/C17H20N8O2S/c1-12(2)28(26,27)24-9-17(10-24,4-5-18)25-8-13(7-22-25)23-16-14-3-6-19-15(14)20-11-21-16/h3,6-8,11-12H,4,9-10H2,1-2H3,(H2,19,20,21,23). The third kappa shape index (κ3) is 2.90. The number of aromatic nitrogens is 5. The van der Waals surface area contributed by atoms with Gasteiger partial charge in [0.1, 0.15) is 23.3 Å². The molecule has 2 N–H and O–H groups in total. The molecule has 1 fully saturated rings. The molecule has 0 aliphatic carbocycles. The number of sulfonamides is 1. The average molecular weight is 400 g/mol. The van der Waals surface area contributed by atoms with E-state index in [1.807, 2.05) is 6.07 Å². The Hall–Kier alpha value is -2.97. The van der Waals surface area contributed by atoms with E-state index in [9.17, 15) is 13.7 Å². The van der Waals surface area contributed by atoms with Crippen LogP contribution >= 0.6 is 0 Å². The van der Waals surface area contributed by atoms with E-state index in [2.05, 4.69) is 31.4 Å². The Morgan fingerprint density at radius 1 is 1.39 bits per heavy atom. The minimum atomic E-state index is -3.35. The van der Waals surface area contributed by atoms with Crippen LogP contribution < -0.4 is 5.32 Å². The lowest BCUT2D eigenvalue weighted by Crippen LogP contribution is -2.65. The van der Waals surface area contributed by atoms with Gasteiger partial charge in [0, 0.05) is 25.5 Å². The molecule has 3 aromatic rings. The molecule has 0 saturated carbocycles. The number of nitrogens with zero attached hydrogens (tertiary/aromatic N) is 6. The molecule has 28 heavy (non-hydrogen) atoms. The number of aromatic amines is 1. The highest BCUT2D eigenvalue weighted by Gasteiger charge is 2.50. The third-order valence-corrected chi connectivity index (χ3v) is 7.16. The van der Waals surface area contributed by atoms with Crippen molar-refractivity contribution >= 4 is 32.6 Å². The van der Waals surface area contributed by atoms with Crippen LogP contribution in [0.5, 0.6) is 0 Å². The van der Waals surface area contributed by atoms with Gasteiger partial charge in [-0.05, 0) is 19.9 Å². The maximum atomic E-state index is 12.4. The van der Waals surface area contributed by atoms with Gasteiger partial charge in [-0.15, -0.1) is 0 Å². The van der Waals surface area contributed by atoms with Crippen molar-refractivity contribution in [1.82, 2.24) is 29.0 Å². The molecule has 0 unspecified atom stereocenters. The molecule has 0 atom stereocenters. The van der Waals surface area contributed by atoms with Crippen molar-refractivity contribution in [2.24, 2.45) is 0 Å². The molecule has 3 aromatic heterocycles. The van der Waals surface area contributed by atoms with Gasteiger partial charge in [-0.25, -0.2) is 18.4 Å². The molecule has 11 heteroatoms. The number of H-pyrrole nitrogens is 1. The molecule has 4 heterocycles. The summed E-state index contributed by atoms with van der Waals surface area (Å²) < 4.78 is 27.8. The first kappa shape index (κ1) is 18.4. The summed E-state index contributed by atoms with van der Waals surface area (Å²) in [5.74, 6) is 0.637. The zero-order valence-corrected chi connectivity index (χ0v) is 16.3. The first-order valence-corrected chi connectivity index (χ1v) is 10.3. The van der Waals surface area contributed by atoms with Crippen molar-refractivity contribution in [3.8, 4) is 6.07 Å². The van der Waals surface area contributed by atoms with E-state index < -0.39 is 20.8 Å². The largest absolute Gasteiger partial charge is 0.346 e. The SMILES string of the molecule is CC(C)S(=O)(=O)N1CC(CC#N)(n2cc(Nc3ncnc4[nH]ccc34)cn2)C1. The molecule has 1 aliphatic heterocycles. The number of nitriles is 1. The number of hydrogen-bond donors (Lipinski definition) is 2. The Morgan fingerprint density at radius 3 is 2.89 bits per heavy atom. The molecular weight excluding hydrogens is 380 g/mol. The maximum Gasteiger partial charge on any atom is 0.216 e. The second kappa shape index (κ2) is 6.57. The highest BCUT2D eigenvalue weighted by molar-refractivity contribution is 7.89. The summed E-state index contributed by atoms with van der Waals surface area (Å²) in [6, 6.07) is 4.04. The van der Waals surface area contributed by atoms with Gasteiger partial charge in [0.2, 0.25) is 10.0 Å². The highest BCUT2D eigenvalue weighted by Crippen LogP contribution is 2.36. The zero-order chi connectivity index (χ0) is 19.9. The monoisotopic (exact) mass is 400 g/mol. The van der Waals surface area contributed by atoms with Gasteiger partial charge in [-0.3, -0.25) is 4.68 Å². The molecule has 4 rings (SSSR count). The number of nitrogens with one attached hydrogen (secondary N) is 2. The van der Waals surface area contributed by atoms with Crippen molar-refractivity contribution in [2.75, 3.05) is 18.4 Å². The Labute approximate surface area is 162 Å². The summed E-state index contributed by atoms with van der Waals surface area (Å²) in [6.07, 6.45) is 6.84. The first-order chi connectivity index (χ1) is 13.4. The van der Waals surface area contributed by atoms with Gasteiger partial charge in [-0.1, -0.05) is 0 Å². The van der Waals surface area contributed by atoms with E-state index in [0.29, 0.717) is 11.5 Å². The number of rotatable bonds is 6. The summed E-state index contributed by atoms with van der Waals surface area (Å²) >= 11 is 0. The van der Waals surface area contributed by atoms with Crippen molar-refractivity contribution in [3.63, 3.8) is 0 Å². The highest BCUT2D eigenvalue weighted by atomic mass is 32.2. The van der Waals surface area contributed by atoms with E-state index in [1.165, 1.54) is 10.6 Å². The van der Waals surface area contributed by atoms with Crippen LogP contribution in [0.2, 0.25) is 0 Å². The molecule has 1 saturated heterocycles. The van der Waals surface area contributed by atoms with Crippen molar-refractivity contribution in [1.29, 1.82) is 5.26 Å². The van der Waals surface area contributed by atoms with Crippen LogP contribution in [0.3, 0.4) is 0 Å². The summed E-state index contributed by atoms with van der Waals surface area (Å²) in [5.41, 5.74) is 0.758. The topological polar surface area (TPSA) is 133 Å². The Kier molecular flexibility index (Phi) is 4.32. The lowest BCUT2D eigenvalue weighted by molar-refractivity contribution is 0.0711. The third-order valence-electron chi connectivity index (χ3n) is 4.99. The summed E-state index contributed by atoms with van der Waals surface area (Å²) in [5, 5.41) is 17.2. The fourth-order valence-corrected chi connectivity index (χ4v) is 4.77. The summed E-state index contributed by atoms with van der Waals surface area (Å²) in [4.78, 5) is 11.4. The molecule has 0 amide bonds. The number of fused-ring (bicyclic) bond motifs is 1. The average Bonchev–Trinajstić information content (AvgIpc) is 3.27. The Bertz CT molecular complexity index is 1150. The van der Waals surface area contributed by atoms with Crippen LogP contribution in [0.15, 0.2) is 31.0 Å². The van der Waals surface area contributed by atoms with Crippen LogP contribution in [0.1, 0.15) is 20.3 Å². The quantitative estimate of drug-likeness (QED) is 0.641. The second-order valence-electron chi connectivity index (χ2n) is 7.18. The second-order valence-corrected chi connectivity index (χ2v) is 9.67. The minimum absolute atomic E-state index is 0.174. The number of anilines is 2. The maximum absolute atomic E-state index is 12.4. The normalized spacial score (nSPS) is 16.8. The lowest BCUT2D eigenvalue weighted by Gasteiger charge is -2.48. The predicted octanol–water partition coefficient (Wildman–Crippen LogP) is 1.56. The molecular formula is C17H20N8O2S. The van der Waals surface area contributed by atoms with Crippen LogP contribution in [-0.4, -0.2) is 55.8 Å². The van der Waals surface area contributed by atoms with Crippen LogP contribution in [0, 0.1) is 11.3 Å². The van der Waals surface area contributed by atoms with E-state index in [4.69, 9.17) is 0 Å². The molecule has 146 valence electrons. The summed E-state index contributed by atoms with van der Waals surface area (Å²) in [6.45, 7) is 3.77. The lowest BCUT2D eigenvalue weighted by atomic mass is 9.89. The fourth-order valence-electron chi connectivity index (χ4n) is 3.33. The van der Waals surface area contributed by atoms with Gasteiger partial charge in [-0.2, -0.15) is 14.7 Å². The van der Waals surface area contributed by atoms with Crippen LogP contribution in [-0.2, 0) is 15.6 Å². The smallest absolute Gasteiger partial charge is 0.216 e. The fraction of sp³-hybridized carbons (Fsp3) is 0.412. The Balaban J connectivity index is 1.57. The molecule has 1 aliphatic rings. The molecule has 10 nitrogen and oxygen atoms in total. The van der Waals surface area contributed by atoms with E-state index >= 15 is 0 Å². The van der Waals surface area contributed by atoms with Crippen molar-refractivity contribution < 1.29 is 8.42 Å². The molecule has 0 bridgehead atoms. The Morgan fingerprint density at radius 2 is 2.18 bits per heavy atom. The first-order valence-electron chi connectivity index (χ1n) is 8.82. The summed E-state index contributed by atoms with van der Waals surface area (Å²) in [7, 11) is -3.35. The van der Waals surface area contributed by atoms with Crippen LogP contribution in [0.25, 0.3) is 11.0 Å². The van der Waals surface area contributed by atoms with Crippen LogP contribution in [0.4, 0.5) is 11.5 Å². The van der Waals surface area contributed by atoms with Gasteiger partial charge < -0.3 is 10.3 Å². The van der Waals surface area contributed by atoms with Crippen molar-refractivity contribution in [3.05, 3.63) is 31.0 Å². The molecule has 0 aromatic carbocycles. The number of hydrogen-bond acceptors (Lipinski definition) is 7. The van der Waals surface area contributed by atoms with E-state index in [-0.39, 0.29) is 19.5 Å². The minimum Gasteiger partial charge on any atom is -0.346 e. The molecule has 0 spiro atoms. The molecule has 0 radical (unpaired) electrons. The van der Waals surface area contributed by atoms with Gasteiger partial charge in [0.15, 0.2) is 0 Å². The van der Waals surface area contributed by atoms with Crippen molar-refractivity contribution in [2.45, 2.75) is 31.1 Å².